The first-order valence-electron chi connectivity index (χ1n) is 10.7. The Kier molecular flexibility index (Phi) is 10.9. The molecule has 10 heteroatoms. The van der Waals surface area contributed by atoms with Crippen molar-refractivity contribution in [1.82, 2.24) is 20.6 Å². The zero-order chi connectivity index (χ0) is 22.1. The highest BCUT2D eigenvalue weighted by atomic mass is 127. The van der Waals surface area contributed by atoms with Crippen LogP contribution in [0.25, 0.3) is 0 Å². The third-order valence-corrected chi connectivity index (χ3v) is 5.53. The Morgan fingerprint density at radius 1 is 1.25 bits per heavy atom. The third kappa shape index (κ3) is 7.77. The molecule has 0 unspecified atom stereocenters. The number of guanidine groups is 1. The zero-order valence-electron chi connectivity index (χ0n) is 18.3. The number of pyridine rings is 2. The van der Waals surface area contributed by atoms with Crippen molar-refractivity contribution in [2.75, 3.05) is 31.1 Å². The third-order valence-electron chi connectivity index (χ3n) is 5.31. The number of anilines is 1. The molecule has 1 saturated heterocycles. The molecule has 0 saturated carbocycles. The fourth-order valence-electron chi connectivity index (χ4n) is 3.60. The molecule has 174 valence electrons. The molecule has 1 aliphatic heterocycles. The first-order valence-corrected chi connectivity index (χ1v) is 11.1. The van der Waals surface area contributed by atoms with Crippen LogP contribution < -0.4 is 21.3 Å². The standard InChI is InChI=1S/C22H30ClN7O.HI/c1-2-25-22(27-11-7-16-5-6-19(23)28-14-16)29-15-18-4-3-10-26-21(18)30-12-8-17(9-13-30)20(24)31;/h3-6,10,14,17H,2,7-9,11-13,15H2,1H3,(H2,24,31)(H2,25,27,29);1H. The Balaban J connectivity index is 0.00000363. The maximum Gasteiger partial charge on any atom is 0.220 e. The summed E-state index contributed by atoms with van der Waals surface area (Å²) < 4.78 is 0. The van der Waals surface area contributed by atoms with Gasteiger partial charge in [-0.25, -0.2) is 15.0 Å². The van der Waals surface area contributed by atoms with Crippen LogP contribution in [-0.4, -0.2) is 48.0 Å². The molecule has 0 aliphatic carbocycles. The number of carbonyl (C=O) groups is 1. The molecule has 0 bridgehead atoms. The molecule has 2 aromatic heterocycles. The van der Waals surface area contributed by atoms with Crippen LogP contribution >= 0.6 is 35.6 Å². The van der Waals surface area contributed by atoms with Gasteiger partial charge in [-0.2, -0.15) is 0 Å². The summed E-state index contributed by atoms with van der Waals surface area (Å²) in [5.74, 6) is 1.44. The van der Waals surface area contributed by atoms with Crippen LogP contribution in [0.3, 0.4) is 0 Å². The smallest absolute Gasteiger partial charge is 0.220 e. The Morgan fingerprint density at radius 2 is 2.03 bits per heavy atom. The first-order chi connectivity index (χ1) is 15.1. The number of aliphatic imine (C=N–C) groups is 1. The van der Waals surface area contributed by atoms with Crippen molar-refractivity contribution < 1.29 is 4.79 Å². The average Bonchev–Trinajstić information content (AvgIpc) is 2.79. The number of primary amides is 1. The minimum atomic E-state index is -0.207. The molecule has 32 heavy (non-hydrogen) atoms. The molecule has 4 N–H and O–H groups in total. The van der Waals surface area contributed by atoms with Gasteiger partial charge in [0.2, 0.25) is 5.91 Å². The van der Waals surface area contributed by atoms with E-state index in [2.05, 4.69) is 31.6 Å². The first kappa shape index (κ1) is 26.1. The monoisotopic (exact) mass is 571 g/mol. The van der Waals surface area contributed by atoms with Crippen LogP contribution in [0.4, 0.5) is 5.82 Å². The molecule has 3 heterocycles. The van der Waals surface area contributed by atoms with Gasteiger partial charge in [0.1, 0.15) is 11.0 Å². The minimum Gasteiger partial charge on any atom is -0.369 e. The number of nitrogens with zero attached hydrogens (tertiary/aromatic N) is 4. The van der Waals surface area contributed by atoms with E-state index < -0.39 is 0 Å². The van der Waals surface area contributed by atoms with Gasteiger partial charge in [0.25, 0.3) is 0 Å². The van der Waals surface area contributed by atoms with Crippen molar-refractivity contribution in [3.8, 4) is 0 Å². The van der Waals surface area contributed by atoms with E-state index in [1.165, 1.54) is 0 Å². The van der Waals surface area contributed by atoms with E-state index in [1.54, 1.807) is 18.5 Å². The molecule has 2 aromatic rings. The van der Waals surface area contributed by atoms with Gasteiger partial charge in [-0.05, 0) is 43.9 Å². The average molecular weight is 572 g/mol. The Hall–Kier alpha value is -2.14. The highest BCUT2D eigenvalue weighted by molar-refractivity contribution is 14.0. The van der Waals surface area contributed by atoms with E-state index in [1.807, 2.05) is 19.1 Å². The number of carbonyl (C=O) groups excluding carboxylic acids is 1. The van der Waals surface area contributed by atoms with Crippen LogP contribution in [0.5, 0.6) is 0 Å². The number of aromatic nitrogens is 2. The number of nitrogens with two attached hydrogens (primary N) is 1. The van der Waals surface area contributed by atoms with Gasteiger partial charge in [0, 0.05) is 50.1 Å². The molecule has 1 amide bonds. The normalized spacial score (nSPS) is 14.6. The number of halogens is 2. The number of rotatable bonds is 8. The lowest BCUT2D eigenvalue weighted by molar-refractivity contribution is -0.122. The van der Waals surface area contributed by atoms with Gasteiger partial charge in [0.05, 0.1) is 6.54 Å². The SMILES string of the molecule is CCNC(=NCc1cccnc1N1CCC(C(N)=O)CC1)NCCc1ccc(Cl)nc1.I. The van der Waals surface area contributed by atoms with Gasteiger partial charge >= 0.3 is 0 Å². The van der Waals surface area contributed by atoms with Crippen molar-refractivity contribution in [1.29, 1.82) is 0 Å². The van der Waals surface area contributed by atoms with Crippen molar-refractivity contribution in [3.63, 3.8) is 0 Å². The molecule has 0 atom stereocenters. The van der Waals surface area contributed by atoms with Gasteiger partial charge in [-0.15, -0.1) is 24.0 Å². The van der Waals surface area contributed by atoms with Gasteiger partial charge in [-0.1, -0.05) is 23.7 Å². The largest absolute Gasteiger partial charge is 0.369 e. The predicted molar refractivity (Wildman–Crippen MR) is 140 cm³/mol. The predicted octanol–water partition coefficient (Wildman–Crippen LogP) is 2.75. The number of nitrogens with one attached hydrogen (secondary N) is 2. The number of piperidine rings is 1. The van der Waals surface area contributed by atoms with Crippen LogP contribution in [0.1, 0.15) is 30.9 Å². The Morgan fingerprint density at radius 3 is 2.69 bits per heavy atom. The summed E-state index contributed by atoms with van der Waals surface area (Å²) in [6, 6.07) is 7.75. The molecular weight excluding hydrogens is 541 g/mol. The second-order valence-corrected chi connectivity index (χ2v) is 7.90. The fourth-order valence-corrected chi connectivity index (χ4v) is 3.71. The zero-order valence-corrected chi connectivity index (χ0v) is 21.3. The van der Waals surface area contributed by atoms with Crippen molar-refractivity contribution in [3.05, 3.63) is 52.9 Å². The summed E-state index contributed by atoms with van der Waals surface area (Å²) in [6.07, 6.45) is 5.93. The van der Waals surface area contributed by atoms with Crippen LogP contribution in [-0.2, 0) is 17.8 Å². The molecular formula is C22H31ClIN7O. The lowest BCUT2D eigenvalue weighted by Crippen LogP contribution is -2.39. The lowest BCUT2D eigenvalue weighted by atomic mass is 9.96. The number of hydrogen-bond donors (Lipinski definition) is 3. The van der Waals surface area contributed by atoms with Crippen molar-refractivity contribution in [2.24, 2.45) is 16.6 Å². The van der Waals surface area contributed by atoms with Crippen LogP contribution in [0, 0.1) is 5.92 Å². The van der Waals surface area contributed by atoms with Gasteiger partial charge in [0.15, 0.2) is 5.96 Å². The highest BCUT2D eigenvalue weighted by Crippen LogP contribution is 2.24. The molecule has 0 spiro atoms. The van der Waals surface area contributed by atoms with E-state index in [0.717, 1.165) is 68.3 Å². The topological polar surface area (TPSA) is 109 Å². The second-order valence-electron chi connectivity index (χ2n) is 7.51. The lowest BCUT2D eigenvalue weighted by Gasteiger charge is -2.32. The quantitative estimate of drug-likeness (QED) is 0.195. The summed E-state index contributed by atoms with van der Waals surface area (Å²) in [6.45, 7) is 5.60. The van der Waals surface area contributed by atoms with Crippen molar-refractivity contribution >= 4 is 53.3 Å². The van der Waals surface area contributed by atoms with Crippen LogP contribution in [0.2, 0.25) is 5.15 Å². The summed E-state index contributed by atoms with van der Waals surface area (Å²) >= 11 is 5.84. The summed E-state index contributed by atoms with van der Waals surface area (Å²) in [4.78, 5) is 27.1. The molecule has 8 nitrogen and oxygen atoms in total. The van der Waals surface area contributed by atoms with E-state index in [9.17, 15) is 4.79 Å². The van der Waals surface area contributed by atoms with Crippen LogP contribution in [0.15, 0.2) is 41.7 Å². The van der Waals surface area contributed by atoms with E-state index in [-0.39, 0.29) is 35.8 Å². The van der Waals surface area contributed by atoms with E-state index in [0.29, 0.717) is 11.7 Å². The fraction of sp³-hybridized carbons (Fsp3) is 0.455. The van der Waals surface area contributed by atoms with E-state index in [4.69, 9.17) is 22.3 Å². The summed E-state index contributed by atoms with van der Waals surface area (Å²) in [5, 5.41) is 7.14. The maximum absolute atomic E-state index is 11.4. The maximum atomic E-state index is 11.4. The summed E-state index contributed by atoms with van der Waals surface area (Å²) in [5.41, 5.74) is 7.63. The molecule has 0 radical (unpaired) electrons. The number of amides is 1. The Bertz CT molecular complexity index is 886. The van der Waals surface area contributed by atoms with E-state index >= 15 is 0 Å². The molecule has 1 fully saturated rings. The number of hydrogen-bond acceptors (Lipinski definition) is 5. The highest BCUT2D eigenvalue weighted by Gasteiger charge is 2.24. The molecule has 3 rings (SSSR count). The summed E-state index contributed by atoms with van der Waals surface area (Å²) in [7, 11) is 0. The molecule has 0 aromatic carbocycles. The molecule has 1 aliphatic rings. The second kappa shape index (κ2) is 13.4. The minimum absolute atomic E-state index is 0. The van der Waals surface area contributed by atoms with Gasteiger partial charge < -0.3 is 21.3 Å². The van der Waals surface area contributed by atoms with Gasteiger partial charge in [-0.3, -0.25) is 4.79 Å². The van der Waals surface area contributed by atoms with Crippen molar-refractivity contribution in [2.45, 2.75) is 32.7 Å². The Labute approximate surface area is 211 Å².